The Morgan fingerprint density at radius 2 is 2.10 bits per heavy atom. The molecule has 3 N–H and O–H groups in total. The fourth-order valence-corrected chi connectivity index (χ4v) is 2.54. The molecule has 5 heteroatoms. The van der Waals surface area contributed by atoms with Gasteiger partial charge in [0.05, 0.1) is 11.2 Å². The van der Waals surface area contributed by atoms with Gasteiger partial charge in [-0.1, -0.05) is 19.9 Å². The Morgan fingerprint density at radius 1 is 1.40 bits per heavy atom. The van der Waals surface area contributed by atoms with E-state index in [1.165, 1.54) is 0 Å². The van der Waals surface area contributed by atoms with E-state index < -0.39 is 0 Å². The van der Waals surface area contributed by atoms with Gasteiger partial charge < -0.3 is 15.6 Å². The van der Waals surface area contributed by atoms with E-state index in [1.807, 2.05) is 22.8 Å². The van der Waals surface area contributed by atoms with Gasteiger partial charge in [0.2, 0.25) is 5.91 Å². The number of carbonyl (C=O) groups is 1. The Kier molecular flexibility index (Phi) is 4.27. The summed E-state index contributed by atoms with van der Waals surface area (Å²) in [7, 11) is 1.65. The molecule has 108 valence electrons. The maximum Gasteiger partial charge on any atom is 0.239 e. The average Bonchev–Trinajstić information content (AvgIpc) is 2.81. The van der Waals surface area contributed by atoms with Gasteiger partial charge in [-0.15, -0.1) is 0 Å². The van der Waals surface area contributed by atoms with Crippen molar-refractivity contribution in [3.8, 4) is 0 Å². The third-order valence-corrected chi connectivity index (χ3v) is 3.77. The minimum atomic E-state index is -0.0288. The van der Waals surface area contributed by atoms with Gasteiger partial charge in [0.15, 0.2) is 0 Å². The molecule has 2 rings (SSSR count). The van der Waals surface area contributed by atoms with E-state index in [2.05, 4.69) is 19.2 Å². The van der Waals surface area contributed by atoms with Gasteiger partial charge in [-0.2, -0.15) is 0 Å². The lowest BCUT2D eigenvalue weighted by molar-refractivity contribution is -0.121. The Morgan fingerprint density at radius 3 is 2.70 bits per heavy atom. The molecule has 0 aliphatic carbocycles. The van der Waals surface area contributed by atoms with Crippen LogP contribution in [0.25, 0.3) is 11.0 Å². The predicted octanol–water partition coefficient (Wildman–Crippen LogP) is 2.27. The summed E-state index contributed by atoms with van der Waals surface area (Å²) in [5, 5.41) is 2.67. The highest BCUT2D eigenvalue weighted by Gasteiger charge is 2.19. The predicted molar refractivity (Wildman–Crippen MR) is 81.5 cm³/mol. The Balaban J connectivity index is 2.62. The maximum atomic E-state index is 11.8. The lowest BCUT2D eigenvalue weighted by Crippen LogP contribution is -2.25. The van der Waals surface area contributed by atoms with Crippen LogP contribution in [0, 0.1) is 0 Å². The molecule has 0 aliphatic rings. The zero-order valence-electron chi connectivity index (χ0n) is 12.3. The molecule has 1 aromatic heterocycles. The molecule has 1 amide bonds. The van der Waals surface area contributed by atoms with Gasteiger partial charge in [0.1, 0.15) is 17.9 Å². The number of aromatic nitrogens is 2. The highest BCUT2D eigenvalue weighted by atomic mass is 16.1. The van der Waals surface area contributed by atoms with Crippen molar-refractivity contribution in [3.63, 3.8) is 0 Å². The number of hydrogen-bond donors (Lipinski definition) is 2. The number of anilines is 1. The highest BCUT2D eigenvalue weighted by molar-refractivity contribution is 5.89. The topological polar surface area (TPSA) is 72.9 Å². The third kappa shape index (κ3) is 2.48. The number of nitrogens with two attached hydrogens (primary N) is 1. The van der Waals surface area contributed by atoms with Crippen LogP contribution in [0.3, 0.4) is 0 Å². The lowest BCUT2D eigenvalue weighted by Gasteiger charge is -2.14. The number of hydrogen-bond acceptors (Lipinski definition) is 3. The molecule has 0 saturated carbocycles. The molecule has 0 atom stereocenters. The highest BCUT2D eigenvalue weighted by Crippen LogP contribution is 2.29. The molecule has 1 heterocycles. The second-order valence-electron chi connectivity index (χ2n) is 4.96. The van der Waals surface area contributed by atoms with E-state index in [-0.39, 0.29) is 12.5 Å². The van der Waals surface area contributed by atoms with Crippen molar-refractivity contribution in [2.45, 2.75) is 39.2 Å². The SMILES string of the molecule is CCC(CC)c1nc2c(N)cccc2n1CC(=O)NC. The lowest BCUT2D eigenvalue weighted by atomic mass is 10.0. The van der Waals surface area contributed by atoms with Gasteiger partial charge in [-0.3, -0.25) is 4.79 Å². The Hall–Kier alpha value is -2.04. The summed E-state index contributed by atoms with van der Waals surface area (Å²) < 4.78 is 1.99. The smallest absolute Gasteiger partial charge is 0.239 e. The first-order chi connectivity index (χ1) is 9.62. The summed E-state index contributed by atoms with van der Waals surface area (Å²) in [6.07, 6.45) is 1.99. The molecule has 0 bridgehead atoms. The first-order valence-corrected chi connectivity index (χ1v) is 7.07. The minimum absolute atomic E-state index is 0.0288. The molecule has 5 nitrogen and oxygen atoms in total. The fourth-order valence-electron chi connectivity index (χ4n) is 2.54. The molecule has 0 radical (unpaired) electrons. The number of carbonyl (C=O) groups excluding carboxylic acids is 1. The molecule has 1 aromatic carbocycles. The summed E-state index contributed by atoms with van der Waals surface area (Å²) in [6, 6.07) is 5.71. The summed E-state index contributed by atoms with van der Waals surface area (Å²) >= 11 is 0. The van der Waals surface area contributed by atoms with Crippen LogP contribution in [0.15, 0.2) is 18.2 Å². The van der Waals surface area contributed by atoms with Crippen LogP contribution < -0.4 is 11.1 Å². The molecule has 0 saturated heterocycles. The van der Waals surface area contributed by atoms with Crippen molar-refractivity contribution in [1.82, 2.24) is 14.9 Å². The van der Waals surface area contributed by atoms with Gasteiger partial charge in [0, 0.05) is 13.0 Å². The third-order valence-electron chi connectivity index (χ3n) is 3.77. The number of likely N-dealkylation sites (N-methyl/N-ethyl adjacent to an activating group) is 1. The second kappa shape index (κ2) is 5.94. The van der Waals surface area contributed by atoms with Crippen molar-refractivity contribution in [2.24, 2.45) is 0 Å². The Bertz CT molecular complexity index is 614. The maximum absolute atomic E-state index is 11.8. The van der Waals surface area contributed by atoms with Crippen molar-refractivity contribution < 1.29 is 4.79 Å². The van der Waals surface area contributed by atoms with Crippen LogP contribution in [-0.4, -0.2) is 22.5 Å². The number of benzene rings is 1. The van der Waals surface area contributed by atoms with Gasteiger partial charge in [-0.25, -0.2) is 4.98 Å². The zero-order chi connectivity index (χ0) is 14.7. The van der Waals surface area contributed by atoms with Gasteiger partial charge in [-0.05, 0) is 25.0 Å². The van der Waals surface area contributed by atoms with Gasteiger partial charge in [0.25, 0.3) is 0 Å². The first-order valence-electron chi connectivity index (χ1n) is 7.07. The van der Waals surface area contributed by atoms with E-state index in [0.29, 0.717) is 11.6 Å². The quantitative estimate of drug-likeness (QED) is 0.821. The van der Waals surface area contributed by atoms with E-state index in [0.717, 1.165) is 29.7 Å². The second-order valence-corrected chi connectivity index (χ2v) is 4.96. The molecule has 0 unspecified atom stereocenters. The Labute approximate surface area is 119 Å². The monoisotopic (exact) mass is 274 g/mol. The number of nitrogen functional groups attached to an aromatic ring is 1. The summed E-state index contributed by atoms with van der Waals surface area (Å²) in [5.74, 6) is 1.26. The van der Waals surface area contributed by atoms with Gasteiger partial charge >= 0.3 is 0 Å². The summed E-state index contributed by atoms with van der Waals surface area (Å²) in [6.45, 7) is 4.56. The molecular weight excluding hydrogens is 252 g/mol. The number of nitrogens with zero attached hydrogens (tertiary/aromatic N) is 2. The van der Waals surface area contributed by atoms with Crippen LogP contribution >= 0.6 is 0 Å². The van der Waals surface area contributed by atoms with Crippen LogP contribution in [0.5, 0.6) is 0 Å². The van der Waals surface area contributed by atoms with Crippen LogP contribution in [0.1, 0.15) is 38.4 Å². The van der Waals surface area contributed by atoms with E-state index in [1.54, 1.807) is 7.05 Å². The van der Waals surface area contributed by atoms with Crippen LogP contribution in [-0.2, 0) is 11.3 Å². The molecule has 0 spiro atoms. The number of imidazole rings is 1. The van der Waals surface area contributed by atoms with Crippen molar-refractivity contribution in [3.05, 3.63) is 24.0 Å². The molecule has 2 aromatic rings. The standard InChI is InChI=1S/C15H22N4O/c1-4-10(5-2)15-18-14-11(16)7-6-8-12(14)19(15)9-13(20)17-3/h6-8,10H,4-5,9,16H2,1-3H3,(H,17,20). The van der Waals surface area contributed by atoms with E-state index >= 15 is 0 Å². The number of nitrogens with one attached hydrogen (secondary N) is 1. The number of para-hydroxylation sites is 1. The molecule has 0 aliphatic heterocycles. The summed E-state index contributed by atoms with van der Waals surface area (Å²) in [4.78, 5) is 16.5. The summed E-state index contributed by atoms with van der Waals surface area (Å²) in [5.41, 5.74) is 8.38. The number of rotatable bonds is 5. The van der Waals surface area contributed by atoms with E-state index in [4.69, 9.17) is 10.7 Å². The van der Waals surface area contributed by atoms with Crippen molar-refractivity contribution in [2.75, 3.05) is 12.8 Å². The molecule has 20 heavy (non-hydrogen) atoms. The van der Waals surface area contributed by atoms with E-state index in [9.17, 15) is 4.79 Å². The first kappa shape index (κ1) is 14.4. The normalized spacial score (nSPS) is 11.2. The largest absolute Gasteiger partial charge is 0.397 e. The average molecular weight is 274 g/mol. The molecule has 0 fully saturated rings. The number of fused-ring (bicyclic) bond motifs is 1. The molecular formula is C15H22N4O. The van der Waals surface area contributed by atoms with Crippen LogP contribution in [0.2, 0.25) is 0 Å². The van der Waals surface area contributed by atoms with Crippen LogP contribution in [0.4, 0.5) is 5.69 Å². The zero-order valence-corrected chi connectivity index (χ0v) is 12.3. The number of amides is 1. The fraction of sp³-hybridized carbons (Fsp3) is 0.467. The van der Waals surface area contributed by atoms with Crippen molar-refractivity contribution >= 4 is 22.6 Å². The van der Waals surface area contributed by atoms with Crippen molar-refractivity contribution in [1.29, 1.82) is 0 Å². The minimum Gasteiger partial charge on any atom is -0.397 e.